The lowest BCUT2D eigenvalue weighted by Crippen LogP contribution is -2.53. The van der Waals surface area contributed by atoms with Crippen LogP contribution in [0.3, 0.4) is 0 Å². The molecule has 122 valence electrons. The Kier molecular flexibility index (Phi) is 2.34. The second-order valence-electron chi connectivity index (χ2n) is 8.30. The fourth-order valence-corrected chi connectivity index (χ4v) is 6.42. The van der Waals surface area contributed by atoms with Crippen molar-refractivity contribution in [2.45, 2.75) is 43.7 Å². The highest BCUT2D eigenvalue weighted by Crippen LogP contribution is 2.61. The third-order valence-electron chi connectivity index (χ3n) is 6.97. The predicted octanol–water partition coefficient (Wildman–Crippen LogP) is 4.40. The van der Waals surface area contributed by atoms with Crippen LogP contribution in [-0.2, 0) is 0 Å². The van der Waals surface area contributed by atoms with Gasteiger partial charge in [0.15, 0.2) is 0 Å². The van der Waals surface area contributed by atoms with Crippen molar-refractivity contribution in [1.82, 2.24) is 14.5 Å². The van der Waals surface area contributed by atoms with Crippen LogP contribution in [0.2, 0.25) is 0 Å². The Morgan fingerprint density at radius 2 is 2.04 bits per heavy atom. The van der Waals surface area contributed by atoms with Gasteiger partial charge in [0.05, 0.1) is 5.52 Å². The number of aromatic amines is 1. The number of hydrogen-bond donors (Lipinski definition) is 1. The van der Waals surface area contributed by atoms with Crippen LogP contribution in [0.15, 0.2) is 35.9 Å². The zero-order valence-electron chi connectivity index (χ0n) is 13.5. The zero-order valence-corrected chi connectivity index (χ0v) is 13.5. The maximum atomic E-state index is 11.5. The standard InChI is InChI=1S/C19H20N4O/c24-22-19-7-11-5-13(8-19)16(14(6-11)9-19)23-4-2-12-10-21-18-15(17(12)23)1-3-20-18/h1-4,10-11,13-14,16H,5-9H2,(H,20,21)/t11?,13-,14+,16?,19?. The molecule has 1 N–H and O–H groups in total. The van der Waals surface area contributed by atoms with E-state index in [2.05, 4.69) is 38.0 Å². The summed E-state index contributed by atoms with van der Waals surface area (Å²) >= 11 is 0. The van der Waals surface area contributed by atoms with Gasteiger partial charge in [0.2, 0.25) is 0 Å². The summed E-state index contributed by atoms with van der Waals surface area (Å²) in [6.07, 6.45) is 11.7. The molecule has 4 fully saturated rings. The highest BCUT2D eigenvalue weighted by molar-refractivity contribution is 6.02. The van der Waals surface area contributed by atoms with Gasteiger partial charge in [0.1, 0.15) is 11.2 Å². The Morgan fingerprint density at radius 1 is 1.21 bits per heavy atom. The molecule has 0 saturated heterocycles. The molecule has 7 rings (SSSR count). The average Bonchev–Trinajstić information content (AvgIpc) is 3.20. The minimum absolute atomic E-state index is 0.249. The highest BCUT2D eigenvalue weighted by Gasteiger charge is 2.57. The van der Waals surface area contributed by atoms with E-state index in [9.17, 15) is 4.91 Å². The topological polar surface area (TPSA) is 63.0 Å². The molecule has 24 heavy (non-hydrogen) atoms. The van der Waals surface area contributed by atoms with E-state index in [-0.39, 0.29) is 5.54 Å². The first kappa shape index (κ1) is 13.2. The Morgan fingerprint density at radius 3 is 2.83 bits per heavy atom. The third-order valence-corrected chi connectivity index (χ3v) is 6.97. The van der Waals surface area contributed by atoms with E-state index >= 15 is 0 Å². The first-order valence-corrected chi connectivity index (χ1v) is 9.03. The summed E-state index contributed by atoms with van der Waals surface area (Å²) in [6, 6.07) is 4.83. The summed E-state index contributed by atoms with van der Waals surface area (Å²) in [4.78, 5) is 19.3. The molecule has 0 aromatic carbocycles. The van der Waals surface area contributed by atoms with Gasteiger partial charge in [0, 0.05) is 35.4 Å². The SMILES string of the molecule is O=NC12CC3C[C@H](C1)C(n1ccc4cnc5[nH]ccc5c41)[C@@H](C3)C2. The number of nitroso groups, excluding NO2 is 1. The molecule has 3 heterocycles. The molecular weight excluding hydrogens is 300 g/mol. The molecule has 5 heteroatoms. The normalized spacial score (nSPS) is 37.5. The molecule has 3 aromatic heterocycles. The third kappa shape index (κ3) is 1.53. The quantitative estimate of drug-likeness (QED) is 0.711. The van der Waals surface area contributed by atoms with Crippen molar-refractivity contribution in [2.24, 2.45) is 22.9 Å². The van der Waals surface area contributed by atoms with Gasteiger partial charge in [-0.1, -0.05) is 5.18 Å². The molecule has 5 nitrogen and oxygen atoms in total. The molecule has 4 saturated carbocycles. The molecular formula is C19H20N4O. The molecule has 4 aliphatic carbocycles. The number of nitrogens with zero attached hydrogens (tertiary/aromatic N) is 3. The van der Waals surface area contributed by atoms with Gasteiger partial charge in [-0.25, -0.2) is 4.98 Å². The summed E-state index contributed by atoms with van der Waals surface area (Å²) in [6.45, 7) is 0. The highest BCUT2D eigenvalue weighted by atomic mass is 16.3. The largest absolute Gasteiger partial charge is 0.346 e. The summed E-state index contributed by atoms with van der Waals surface area (Å²) in [7, 11) is 0. The number of aromatic nitrogens is 3. The molecule has 4 aliphatic rings. The Labute approximate surface area is 139 Å². The van der Waals surface area contributed by atoms with Crippen molar-refractivity contribution in [3.05, 3.63) is 35.6 Å². The van der Waals surface area contributed by atoms with Crippen LogP contribution in [0.4, 0.5) is 0 Å². The van der Waals surface area contributed by atoms with Gasteiger partial charge in [-0.3, -0.25) is 0 Å². The molecule has 4 bridgehead atoms. The van der Waals surface area contributed by atoms with E-state index in [1.165, 1.54) is 29.1 Å². The number of H-pyrrole nitrogens is 1. The fourth-order valence-electron chi connectivity index (χ4n) is 6.42. The van der Waals surface area contributed by atoms with Crippen molar-refractivity contribution >= 4 is 21.9 Å². The average molecular weight is 320 g/mol. The monoisotopic (exact) mass is 320 g/mol. The molecule has 3 unspecified atom stereocenters. The van der Waals surface area contributed by atoms with E-state index in [4.69, 9.17) is 0 Å². The first-order chi connectivity index (χ1) is 11.8. The summed E-state index contributed by atoms with van der Waals surface area (Å²) in [5.41, 5.74) is 2.00. The molecule has 0 spiro atoms. The van der Waals surface area contributed by atoms with Crippen molar-refractivity contribution in [1.29, 1.82) is 0 Å². The Hall–Kier alpha value is -2.17. The minimum Gasteiger partial charge on any atom is -0.346 e. The van der Waals surface area contributed by atoms with Crippen LogP contribution < -0.4 is 0 Å². The van der Waals surface area contributed by atoms with E-state index < -0.39 is 0 Å². The van der Waals surface area contributed by atoms with Gasteiger partial charge in [-0.2, -0.15) is 4.91 Å². The van der Waals surface area contributed by atoms with Crippen molar-refractivity contribution in [3.8, 4) is 0 Å². The molecule has 3 aromatic rings. The summed E-state index contributed by atoms with van der Waals surface area (Å²) < 4.78 is 2.50. The first-order valence-electron chi connectivity index (χ1n) is 9.03. The van der Waals surface area contributed by atoms with Crippen LogP contribution in [0.5, 0.6) is 0 Å². The number of nitrogens with one attached hydrogen (secondary N) is 1. The second kappa shape index (κ2) is 4.26. The lowest BCUT2D eigenvalue weighted by molar-refractivity contribution is -0.0423. The van der Waals surface area contributed by atoms with Gasteiger partial charge < -0.3 is 9.55 Å². The molecule has 0 aliphatic heterocycles. The Balaban J connectivity index is 1.54. The summed E-state index contributed by atoms with van der Waals surface area (Å²) in [5, 5.41) is 6.04. The molecule has 0 amide bonds. The van der Waals surface area contributed by atoms with Gasteiger partial charge in [-0.15, -0.1) is 0 Å². The maximum absolute atomic E-state index is 11.5. The van der Waals surface area contributed by atoms with Crippen LogP contribution in [0.25, 0.3) is 21.9 Å². The van der Waals surface area contributed by atoms with E-state index in [0.29, 0.717) is 23.8 Å². The number of pyridine rings is 1. The molecule has 5 atom stereocenters. The Bertz CT molecular complexity index is 954. The minimum atomic E-state index is -0.249. The number of hydrogen-bond acceptors (Lipinski definition) is 3. The van der Waals surface area contributed by atoms with Crippen LogP contribution >= 0.6 is 0 Å². The van der Waals surface area contributed by atoms with Crippen LogP contribution in [0.1, 0.15) is 38.1 Å². The van der Waals surface area contributed by atoms with Gasteiger partial charge in [0.25, 0.3) is 0 Å². The molecule has 0 radical (unpaired) electrons. The second-order valence-corrected chi connectivity index (χ2v) is 8.30. The zero-order chi connectivity index (χ0) is 15.9. The van der Waals surface area contributed by atoms with Crippen molar-refractivity contribution in [2.75, 3.05) is 0 Å². The predicted molar refractivity (Wildman–Crippen MR) is 92.7 cm³/mol. The smallest absolute Gasteiger partial charge is 0.139 e. The lowest BCUT2D eigenvalue weighted by atomic mass is 9.51. The number of rotatable bonds is 2. The van der Waals surface area contributed by atoms with Crippen molar-refractivity contribution in [3.63, 3.8) is 0 Å². The van der Waals surface area contributed by atoms with Crippen LogP contribution in [0, 0.1) is 22.7 Å². The van der Waals surface area contributed by atoms with E-state index in [1.807, 2.05) is 12.4 Å². The van der Waals surface area contributed by atoms with E-state index in [1.54, 1.807) is 0 Å². The van der Waals surface area contributed by atoms with Gasteiger partial charge >= 0.3 is 0 Å². The summed E-state index contributed by atoms with van der Waals surface area (Å²) in [5.74, 6) is 1.89. The van der Waals surface area contributed by atoms with E-state index in [0.717, 1.165) is 24.9 Å². The number of fused-ring (bicyclic) bond motifs is 3. The lowest BCUT2D eigenvalue weighted by Gasteiger charge is -2.57. The van der Waals surface area contributed by atoms with Gasteiger partial charge in [-0.05, 0) is 62.0 Å². The van der Waals surface area contributed by atoms with Crippen molar-refractivity contribution < 1.29 is 0 Å². The fraction of sp³-hybridized carbons (Fsp3) is 0.526. The maximum Gasteiger partial charge on any atom is 0.139 e. The van der Waals surface area contributed by atoms with Crippen LogP contribution in [-0.4, -0.2) is 20.1 Å².